The lowest BCUT2D eigenvalue weighted by molar-refractivity contribution is -0.138. The molecule has 0 bridgehead atoms. The minimum atomic E-state index is -1.14. The number of nitrogens with zero attached hydrogens (tertiary/aromatic N) is 2. The summed E-state index contributed by atoms with van der Waals surface area (Å²) in [6, 6.07) is 22.9. The van der Waals surface area contributed by atoms with Crippen LogP contribution >= 0.6 is 0 Å². The molecule has 9 nitrogen and oxygen atoms in total. The fraction of sp³-hybridized carbons (Fsp3) is 0.258. The van der Waals surface area contributed by atoms with E-state index in [4.69, 9.17) is 18.6 Å². The quantitative estimate of drug-likeness (QED) is 0.221. The van der Waals surface area contributed by atoms with Crippen molar-refractivity contribution in [3.63, 3.8) is 0 Å². The number of amides is 1. The Morgan fingerprint density at radius 1 is 0.975 bits per heavy atom. The molecule has 1 N–H and O–H groups in total. The van der Waals surface area contributed by atoms with E-state index < -0.39 is 24.6 Å². The average Bonchev–Trinajstić information content (AvgIpc) is 3.34. The summed E-state index contributed by atoms with van der Waals surface area (Å²) in [5, 5.41) is 9.53. The van der Waals surface area contributed by atoms with Gasteiger partial charge in [0.05, 0.1) is 25.5 Å². The number of carboxylic acids is 1. The summed E-state index contributed by atoms with van der Waals surface area (Å²) in [6.07, 6.45) is 0.249. The summed E-state index contributed by atoms with van der Waals surface area (Å²) in [6.45, 7) is 3.60. The Balaban J connectivity index is 1.44. The van der Waals surface area contributed by atoms with Crippen LogP contribution in [0.5, 0.6) is 17.2 Å². The Kier molecular flexibility index (Phi) is 9.40. The molecule has 0 saturated carbocycles. The summed E-state index contributed by atoms with van der Waals surface area (Å²) in [4.78, 5) is 30.6. The first kappa shape index (κ1) is 28.2. The Morgan fingerprint density at radius 3 is 2.38 bits per heavy atom. The van der Waals surface area contributed by atoms with E-state index in [0.717, 1.165) is 22.6 Å². The minimum absolute atomic E-state index is 0.284. The van der Waals surface area contributed by atoms with Crippen LogP contribution in [-0.4, -0.2) is 47.3 Å². The topological polar surface area (TPSA) is 111 Å². The molecule has 0 aliphatic heterocycles. The monoisotopic (exact) mass is 544 g/mol. The first-order chi connectivity index (χ1) is 19.4. The van der Waals surface area contributed by atoms with Crippen LogP contribution in [0.15, 0.2) is 83.3 Å². The maximum absolute atomic E-state index is 13.1. The van der Waals surface area contributed by atoms with Gasteiger partial charge in [-0.25, -0.2) is 9.78 Å². The zero-order valence-corrected chi connectivity index (χ0v) is 22.7. The van der Waals surface area contributed by atoms with Crippen molar-refractivity contribution in [1.82, 2.24) is 9.88 Å². The number of carboxylic acid groups (broad SMARTS) is 1. The number of oxazole rings is 1. The highest BCUT2D eigenvalue weighted by Crippen LogP contribution is 2.29. The molecule has 0 spiro atoms. The molecule has 208 valence electrons. The van der Waals surface area contributed by atoms with Gasteiger partial charge >= 0.3 is 12.1 Å². The van der Waals surface area contributed by atoms with Gasteiger partial charge in [-0.2, -0.15) is 0 Å². The van der Waals surface area contributed by atoms with E-state index in [1.807, 2.05) is 68.4 Å². The Morgan fingerprint density at radius 2 is 1.70 bits per heavy atom. The van der Waals surface area contributed by atoms with E-state index in [1.54, 1.807) is 24.3 Å². The number of rotatable bonds is 12. The first-order valence-corrected chi connectivity index (χ1v) is 13.0. The molecule has 1 aromatic heterocycles. The molecule has 0 radical (unpaired) electrons. The maximum atomic E-state index is 13.1. The minimum Gasteiger partial charge on any atom is -0.497 e. The predicted molar refractivity (Wildman–Crippen MR) is 149 cm³/mol. The van der Waals surface area contributed by atoms with Gasteiger partial charge in [-0.05, 0) is 67.4 Å². The second kappa shape index (κ2) is 13.3. The highest BCUT2D eigenvalue weighted by molar-refractivity contribution is 5.78. The van der Waals surface area contributed by atoms with Gasteiger partial charge in [-0.1, -0.05) is 37.3 Å². The van der Waals surface area contributed by atoms with Crippen LogP contribution < -0.4 is 14.2 Å². The van der Waals surface area contributed by atoms with Crippen LogP contribution in [0.1, 0.15) is 36.4 Å². The van der Waals surface area contributed by atoms with Crippen molar-refractivity contribution < 1.29 is 33.3 Å². The zero-order chi connectivity index (χ0) is 28.5. The van der Waals surface area contributed by atoms with Crippen LogP contribution in [0.3, 0.4) is 0 Å². The highest BCUT2D eigenvalue weighted by Gasteiger charge is 2.28. The molecular formula is C31H32N2O7. The van der Waals surface area contributed by atoms with E-state index in [0.29, 0.717) is 36.8 Å². The van der Waals surface area contributed by atoms with Crippen LogP contribution in [0, 0.1) is 6.92 Å². The lowest BCUT2D eigenvalue weighted by Crippen LogP contribution is -2.40. The molecule has 1 atom stereocenters. The fourth-order valence-corrected chi connectivity index (χ4v) is 4.33. The van der Waals surface area contributed by atoms with Crippen molar-refractivity contribution >= 4 is 12.1 Å². The predicted octanol–water partition coefficient (Wildman–Crippen LogP) is 6.32. The van der Waals surface area contributed by atoms with Crippen LogP contribution in [-0.2, 0) is 11.2 Å². The molecule has 4 aromatic rings. The van der Waals surface area contributed by atoms with E-state index in [-0.39, 0.29) is 5.75 Å². The van der Waals surface area contributed by atoms with Gasteiger partial charge in [-0.3, -0.25) is 9.69 Å². The largest absolute Gasteiger partial charge is 0.497 e. The molecule has 1 heterocycles. The maximum Gasteiger partial charge on any atom is 0.416 e. The number of carbonyl (C=O) groups is 2. The molecule has 3 aromatic carbocycles. The Bertz CT molecular complexity index is 1420. The van der Waals surface area contributed by atoms with Gasteiger partial charge in [-0.15, -0.1) is 0 Å². The van der Waals surface area contributed by atoms with Crippen molar-refractivity contribution in [2.24, 2.45) is 0 Å². The van der Waals surface area contributed by atoms with Gasteiger partial charge in [0.1, 0.15) is 29.6 Å². The third-order valence-electron chi connectivity index (χ3n) is 6.33. The molecule has 4 rings (SSSR count). The number of aryl methyl sites for hydroxylation is 1. The molecule has 0 unspecified atom stereocenters. The van der Waals surface area contributed by atoms with Gasteiger partial charge < -0.3 is 23.7 Å². The number of hydrogen-bond acceptors (Lipinski definition) is 7. The van der Waals surface area contributed by atoms with Gasteiger partial charge in [0, 0.05) is 12.0 Å². The number of ether oxygens (including phenoxy) is 3. The van der Waals surface area contributed by atoms with Crippen molar-refractivity contribution in [3.05, 3.63) is 95.9 Å². The summed E-state index contributed by atoms with van der Waals surface area (Å²) in [5.74, 6) is 1.66. The summed E-state index contributed by atoms with van der Waals surface area (Å²) in [7, 11) is 1.54. The second-order valence-corrected chi connectivity index (χ2v) is 9.05. The van der Waals surface area contributed by atoms with Crippen LogP contribution in [0.4, 0.5) is 4.79 Å². The van der Waals surface area contributed by atoms with Gasteiger partial charge in [0.25, 0.3) is 0 Å². The number of benzene rings is 3. The van der Waals surface area contributed by atoms with Crippen LogP contribution in [0.25, 0.3) is 11.5 Å². The second-order valence-electron chi connectivity index (χ2n) is 9.05. The molecule has 40 heavy (non-hydrogen) atoms. The molecule has 9 heteroatoms. The lowest BCUT2D eigenvalue weighted by atomic mass is 10.0. The van der Waals surface area contributed by atoms with E-state index in [1.165, 1.54) is 12.0 Å². The molecule has 0 fully saturated rings. The number of aliphatic carboxylic acids is 1. The molecule has 1 amide bonds. The fourth-order valence-electron chi connectivity index (χ4n) is 4.33. The van der Waals surface area contributed by atoms with Crippen molar-refractivity contribution in [2.75, 3.05) is 20.3 Å². The van der Waals surface area contributed by atoms with Crippen molar-refractivity contribution in [1.29, 1.82) is 0 Å². The third kappa shape index (κ3) is 7.19. The smallest absolute Gasteiger partial charge is 0.416 e. The van der Waals surface area contributed by atoms with E-state index >= 15 is 0 Å². The number of aromatic nitrogens is 1. The lowest BCUT2D eigenvalue weighted by Gasteiger charge is -2.29. The summed E-state index contributed by atoms with van der Waals surface area (Å²) >= 11 is 0. The standard InChI is InChI=1S/C31H32N2O7/c1-4-28(33(20-29(34)35)31(36)40-25-15-13-24(37-3)14-16-25)23-11-8-12-26(19-23)38-18-17-27-21(2)39-30(32-27)22-9-6-5-7-10-22/h5-16,19,28H,4,17-18,20H2,1-3H3,(H,34,35)/t28-/m0/s1. The van der Waals surface area contributed by atoms with Gasteiger partial charge in [0.2, 0.25) is 5.89 Å². The summed E-state index contributed by atoms with van der Waals surface area (Å²) in [5.41, 5.74) is 2.46. The van der Waals surface area contributed by atoms with Crippen LogP contribution in [0.2, 0.25) is 0 Å². The number of methoxy groups -OCH3 is 1. The number of carbonyl (C=O) groups excluding carboxylic acids is 1. The van der Waals surface area contributed by atoms with E-state index in [9.17, 15) is 14.7 Å². The third-order valence-corrected chi connectivity index (χ3v) is 6.33. The summed E-state index contributed by atoms with van der Waals surface area (Å²) < 4.78 is 22.5. The number of hydrogen-bond donors (Lipinski definition) is 1. The molecule has 0 aliphatic carbocycles. The SMILES string of the molecule is CC[C@@H](c1cccc(OCCc2nc(-c3ccccc3)oc2C)c1)N(CC(=O)O)C(=O)Oc1ccc(OC)cc1. The Hall–Kier alpha value is -4.79. The van der Waals surface area contributed by atoms with Crippen molar-refractivity contribution in [3.8, 4) is 28.7 Å². The van der Waals surface area contributed by atoms with Gasteiger partial charge in [0.15, 0.2) is 0 Å². The zero-order valence-electron chi connectivity index (χ0n) is 22.7. The molecule has 0 aliphatic rings. The Labute approximate surface area is 232 Å². The molecule has 0 saturated heterocycles. The first-order valence-electron chi connectivity index (χ1n) is 13.0. The van der Waals surface area contributed by atoms with Crippen molar-refractivity contribution in [2.45, 2.75) is 32.7 Å². The average molecular weight is 545 g/mol. The highest BCUT2D eigenvalue weighted by atomic mass is 16.6. The molecular weight excluding hydrogens is 512 g/mol. The van der Waals surface area contributed by atoms with E-state index in [2.05, 4.69) is 4.98 Å². The normalized spacial score (nSPS) is 11.5.